The van der Waals surface area contributed by atoms with E-state index in [4.69, 9.17) is 0 Å². The van der Waals surface area contributed by atoms with Crippen molar-refractivity contribution in [3.8, 4) is 11.4 Å². The van der Waals surface area contributed by atoms with Crippen LogP contribution in [0.4, 0.5) is 5.69 Å². The lowest BCUT2D eigenvalue weighted by molar-refractivity contribution is 0.112. The van der Waals surface area contributed by atoms with E-state index in [2.05, 4.69) is 4.98 Å². The summed E-state index contributed by atoms with van der Waals surface area (Å²) in [4.78, 5) is 17.7. The molecule has 0 unspecified atom stereocenters. The van der Waals surface area contributed by atoms with Crippen LogP contribution in [0.1, 0.15) is 10.5 Å². The molecule has 4 heteroatoms. The van der Waals surface area contributed by atoms with Gasteiger partial charge in [0, 0.05) is 25.9 Å². The highest BCUT2D eigenvalue weighted by Gasteiger charge is 2.12. The molecule has 3 rings (SSSR count). The fourth-order valence-electron chi connectivity index (χ4n) is 2.24. The number of pyridine rings is 1. The van der Waals surface area contributed by atoms with Gasteiger partial charge in [-0.3, -0.25) is 9.20 Å². The van der Waals surface area contributed by atoms with Crippen LogP contribution in [0, 0.1) is 0 Å². The Morgan fingerprint density at radius 2 is 1.85 bits per heavy atom. The number of benzene rings is 1. The van der Waals surface area contributed by atoms with Crippen LogP contribution in [0.25, 0.3) is 16.9 Å². The lowest BCUT2D eigenvalue weighted by Gasteiger charge is -2.13. The maximum absolute atomic E-state index is 11.2. The first kappa shape index (κ1) is 12.4. The summed E-state index contributed by atoms with van der Waals surface area (Å²) >= 11 is 0. The van der Waals surface area contributed by atoms with E-state index in [0.29, 0.717) is 5.69 Å². The molecule has 2 aromatic heterocycles. The average molecular weight is 265 g/mol. The Labute approximate surface area is 117 Å². The van der Waals surface area contributed by atoms with Crippen molar-refractivity contribution in [1.82, 2.24) is 9.38 Å². The summed E-state index contributed by atoms with van der Waals surface area (Å²) in [5.74, 6) is 0.784. The summed E-state index contributed by atoms with van der Waals surface area (Å²) in [7, 11) is 3.97. The highest BCUT2D eigenvalue weighted by molar-refractivity contribution is 5.86. The summed E-state index contributed by atoms with van der Waals surface area (Å²) in [6.07, 6.45) is 2.80. The Morgan fingerprint density at radius 1 is 1.10 bits per heavy atom. The molecule has 4 nitrogen and oxygen atoms in total. The molecule has 0 saturated heterocycles. The van der Waals surface area contributed by atoms with Crippen LogP contribution in [-0.4, -0.2) is 29.8 Å². The molecule has 0 saturated carbocycles. The summed E-state index contributed by atoms with van der Waals surface area (Å²) in [5.41, 5.74) is 3.34. The van der Waals surface area contributed by atoms with Crippen LogP contribution in [0.5, 0.6) is 0 Å². The number of anilines is 1. The van der Waals surface area contributed by atoms with Gasteiger partial charge in [0.25, 0.3) is 0 Å². The van der Waals surface area contributed by atoms with Crippen LogP contribution in [-0.2, 0) is 0 Å². The number of aldehydes is 1. The maximum atomic E-state index is 11.2. The van der Waals surface area contributed by atoms with Crippen molar-refractivity contribution in [2.75, 3.05) is 19.0 Å². The fraction of sp³-hybridized carbons (Fsp3) is 0.125. The van der Waals surface area contributed by atoms with E-state index in [1.165, 1.54) is 0 Å². The monoisotopic (exact) mass is 265 g/mol. The number of nitrogens with zero attached hydrogens (tertiary/aromatic N) is 3. The second-order valence-corrected chi connectivity index (χ2v) is 4.84. The van der Waals surface area contributed by atoms with E-state index in [9.17, 15) is 4.79 Å². The molecule has 0 radical (unpaired) electrons. The van der Waals surface area contributed by atoms with Gasteiger partial charge in [-0.05, 0) is 12.1 Å². The molecule has 0 spiro atoms. The minimum Gasteiger partial charge on any atom is -0.376 e. The lowest BCUT2D eigenvalue weighted by Crippen LogP contribution is -2.09. The zero-order valence-electron chi connectivity index (χ0n) is 11.4. The predicted octanol–water partition coefficient (Wildman–Crippen LogP) is 2.88. The van der Waals surface area contributed by atoms with Gasteiger partial charge in [-0.15, -0.1) is 0 Å². The molecular formula is C16H15N3O. The third-order valence-electron chi connectivity index (χ3n) is 3.31. The van der Waals surface area contributed by atoms with Crippen LogP contribution in [0.3, 0.4) is 0 Å². The minimum atomic E-state index is 0.467. The van der Waals surface area contributed by atoms with Crippen LogP contribution in [0.2, 0.25) is 0 Å². The number of carbonyl (C=O) groups is 1. The van der Waals surface area contributed by atoms with Gasteiger partial charge < -0.3 is 4.90 Å². The van der Waals surface area contributed by atoms with Gasteiger partial charge in [-0.25, -0.2) is 4.98 Å². The zero-order valence-corrected chi connectivity index (χ0v) is 11.4. The topological polar surface area (TPSA) is 37.6 Å². The Bertz CT molecular complexity index is 760. The molecule has 2 heterocycles. The number of carbonyl (C=O) groups excluding carboxylic acids is 1. The van der Waals surface area contributed by atoms with Crippen LogP contribution < -0.4 is 4.90 Å². The van der Waals surface area contributed by atoms with Gasteiger partial charge in [0.1, 0.15) is 11.5 Å². The molecule has 0 aliphatic rings. The second kappa shape index (κ2) is 4.81. The van der Waals surface area contributed by atoms with E-state index >= 15 is 0 Å². The summed E-state index contributed by atoms with van der Waals surface area (Å²) in [6.45, 7) is 0. The molecule has 20 heavy (non-hydrogen) atoms. The van der Waals surface area contributed by atoms with Crippen molar-refractivity contribution >= 4 is 17.5 Å². The van der Waals surface area contributed by atoms with Crippen molar-refractivity contribution in [1.29, 1.82) is 0 Å². The molecule has 100 valence electrons. The molecule has 0 amide bonds. The van der Waals surface area contributed by atoms with Crippen molar-refractivity contribution in [2.24, 2.45) is 0 Å². The fourth-order valence-corrected chi connectivity index (χ4v) is 2.24. The predicted molar refractivity (Wildman–Crippen MR) is 80.3 cm³/mol. The van der Waals surface area contributed by atoms with Crippen molar-refractivity contribution in [3.63, 3.8) is 0 Å². The summed E-state index contributed by atoms with van der Waals surface area (Å²) in [6, 6.07) is 13.8. The highest BCUT2D eigenvalue weighted by Crippen LogP contribution is 2.24. The quantitative estimate of drug-likeness (QED) is 0.683. The van der Waals surface area contributed by atoms with Gasteiger partial charge in [-0.1, -0.05) is 30.3 Å². The van der Waals surface area contributed by atoms with E-state index < -0.39 is 0 Å². The van der Waals surface area contributed by atoms with Crippen molar-refractivity contribution < 1.29 is 4.79 Å². The van der Waals surface area contributed by atoms with Gasteiger partial charge in [0.05, 0.1) is 11.2 Å². The normalized spacial score (nSPS) is 10.7. The van der Waals surface area contributed by atoms with Crippen molar-refractivity contribution in [2.45, 2.75) is 0 Å². The Hall–Kier alpha value is -2.62. The average Bonchev–Trinajstić information content (AvgIpc) is 2.86. The molecule has 0 aliphatic carbocycles. The van der Waals surface area contributed by atoms with E-state index in [1.807, 2.05) is 72.1 Å². The number of hydrogen-bond acceptors (Lipinski definition) is 3. The molecule has 0 aliphatic heterocycles. The Morgan fingerprint density at radius 3 is 2.50 bits per heavy atom. The number of aromatic nitrogens is 2. The molecular weight excluding hydrogens is 250 g/mol. The lowest BCUT2D eigenvalue weighted by atomic mass is 10.2. The van der Waals surface area contributed by atoms with Gasteiger partial charge in [0.15, 0.2) is 6.29 Å². The van der Waals surface area contributed by atoms with Gasteiger partial charge >= 0.3 is 0 Å². The summed E-state index contributed by atoms with van der Waals surface area (Å²) in [5, 5.41) is 0. The minimum absolute atomic E-state index is 0.467. The van der Waals surface area contributed by atoms with Gasteiger partial charge in [-0.2, -0.15) is 0 Å². The third kappa shape index (κ3) is 1.95. The third-order valence-corrected chi connectivity index (χ3v) is 3.31. The first-order chi connectivity index (χ1) is 9.70. The molecule has 0 atom stereocenters. The van der Waals surface area contributed by atoms with Crippen molar-refractivity contribution in [3.05, 3.63) is 54.4 Å². The van der Waals surface area contributed by atoms with Crippen LogP contribution in [0.15, 0.2) is 48.7 Å². The molecule has 3 aromatic rings. The van der Waals surface area contributed by atoms with E-state index in [1.54, 1.807) is 0 Å². The smallest absolute Gasteiger partial charge is 0.170 e. The number of fused-ring (bicyclic) bond motifs is 1. The first-order valence-corrected chi connectivity index (χ1v) is 6.41. The Balaban J connectivity index is 2.31. The Kier molecular flexibility index (Phi) is 2.99. The molecule has 0 N–H and O–H groups in total. The van der Waals surface area contributed by atoms with E-state index in [-0.39, 0.29) is 0 Å². The number of rotatable bonds is 3. The largest absolute Gasteiger partial charge is 0.376 e. The zero-order chi connectivity index (χ0) is 14.1. The number of hydrogen-bond donors (Lipinski definition) is 0. The van der Waals surface area contributed by atoms with E-state index in [0.717, 1.165) is 28.9 Å². The summed E-state index contributed by atoms with van der Waals surface area (Å²) < 4.78 is 1.97. The maximum Gasteiger partial charge on any atom is 0.170 e. The standard InChI is InChI=1S/C16H15N3O/c1-18(2)13-8-9-15-14(11-20)17-16(19(15)10-13)12-6-4-3-5-7-12/h3-11H,1-2H3. The SMILES string of the molecule is CN(C)c1ccc2c(C=O)nc(-c3ccccc3)n2c1. The second-order valence-electron chi connectivity index (χ2n) is 4.84. The van der Waals surface area contributed by atoms with Crippen LogP contribution >= 0.6 is 0 Å². The molecule has 1 aromatic carbocycles. The van der Waals surface area contributed by atoms with Gasteiger partial charge in [0.2, 0.25) is 0 Å². The number of imidazole rings is 1. The highest BCUT2D eigenvalue weighted by atomic mass is 16.1. The molecule has 0 bridgehead atoms. The molecule has 0 fully saturated rings. The first-order valence-electron chi connectivity index (χ1n) is 6.41.